The quantitative estimate of drug-likeness (QED) is 0.869. The molecule has 2 N–H and O–H groups in total. The van der Waals surface area contributed by atoms with E-state index in [-0.39, 0.29) is 23.8 Å². The molecule has 0 spiro atoms. The maximum atomic E-state index is 12.6. The Bertz CT molecular complexity index is 583. The van der Waals surface area contributed by atoms with Crippen LogP contribution in [0.3, 0.4) is 0 Å². The summed E-state index contributed by atoms with van der Waals surface area (Å²) in [5.41, 5.74) is 1.17. The molecule has 0 radical (unpaired) electrons. The minimum atomic E-state index is -0.385. The van der Waals surface area contributed by atoms with Crippen LogP contribution in [0.5, 0.6) is 0 Å². The lowest BCUT2D eigenvalue weighted by Gasteiger charge is -2.24. The summed E-state index contributed by atoms with van der Waals surface area (Å²) in [4.78, 5) is 37.5. The summed E-state index contributed by atoms with van der Waals surface area (Å²) in [5.74, 6) is -0.377. The van der Waals surface area contributed by atoms with E-state index in [4.69, 9.17) is 0 Å². The number of rotatable bonds is 5. The van der Waals surface area contributed by atoms with Crippen LogP contribution in [0, 0.1) is 0 Å². The Morgan fingerprint density at radius 3 is 2.52 bits per heavy atom. The Labute approximate surface area is 136 Å². The van der Waals surface area contributed by atoms with Crippen molar-refractivity contribution >= 4 is 23.4 Å². The van der Waals surface area contributed by atoms with Gasteiger partial charge in [0.2, 0.25) is 11.8 Å². The summed E-state index contributed by atoms with van der Waals surface area (Å²) >= 11 is 0. The lowest BCUT2D eigenvalue weighted by atomic mass is 10.1. The molecule has 1 atom stereocenters. The molecule has 124 valence electrons. The second-order valence-electron chi connectivity index (χ2n) is 5.71. The van der Waals surface area contributed by atoms with Gasteiger partial charge in [-0.05, 0) is 43.5 Å². The third kappa shape index (κ3) is 4.31. The first kappa shape index (κ1) is 17.0. The average molecular weight is 317 g/mol. The first-order valence-corrected chi connectivity index (χ1v) is 7.99. The maximum Gasteiger partial charge on any atom is 0.254 e. The van der Waals surface area contributed by atoms with Crippen molar-refractivity contribution in [2.45, 2.75) is 39.2 Å². The van der Waals surface area contributed by atoms with Crippen LogP contribution < -0.4 is 10.6 Å². The predicted octanol–water partition coefficient (Wildman–Crippen LogP) is 1.78. The molecule has 6 nitrogen and oxygen atoms in total. The third-order valence-corrected chi connectivity index (χ3v) is 3.82. The molecule has 1 aromatic rings. The zero-order valence-electron chi connectivity index (χ0n) is 13.6. The van der Waals surface area contributed by atoms with Gasteiger partial charge >= 0.3 is 0 Å². The van der Waals surface area contributed by atoms with Crippen molar-refractivity contribution < 1.29 is 14.4 Å². The van der Waals surface area contributed by atoms with Gasteiger partial charge in [0.05, 0.1) is 0 Å². The monoisotopic (exact) mass is 317 g/mol. The fourth-order valence-corrected chi connectivity index (χ4v) is 2.71. The Morgan fingerprint density at radius 1 is 1.22 bits per heavy atom. The molecule has 6 heteroatoms. The van der Waals surface area contributed by atoms with E-state index in [1.165, 1.54) is 6.92 Å². The number of carbonyl (C=O) groups is 3. The van der Waals surface area contributed by atoms with E-state index in [1.54, 1.807) is 29.2 Å². The zero-order chi connectivity index (χ0) is 16.8. The number of anilines is 1. The molecule has 1 aliphatic heterocycles. The van der Waals surface area contributed by atoms with Gasteiger partial charge in [0.25, 0.3) is 5.91 Å². The molecule has 23 heavy (non-hydrogen) atoms. The average Bonchev–Trinajstić information content (AvgIpc) is 3.01. The van der Waals surface area contributed by atoms with E-state index in [2.05, 4.69) is 10.6 Å². The van der Waals surface area contributed by atoms with Gasteiger partial charge in [-0.25, -0.2) is 0 Å². The highest BCUT2D eigenvalue weighted by Crippen LogP contribution is 2.21. The highest BCUT2D eigenvalue weighted by atomic mass is 16.2. The Morgan fingerprint density at radius 2 is 1.91 bits per heavy atom. The number of hydrogen-bond acceptors (Lipinski definition) is 3. The normalized spacial score (nSPS) is 17.0. The van der Waals surface area contributed by atoms with Crippen molar-refractivity contribution in [3.8, 4) is 0 Å². The van der Waals surface area contributed by atoms with E-state index in [1.807, 2.05) is 6.92 Å². The SMILES string of the molecule is CCCNC(=O)C1CCCN1C(=O)c1ccc(NC(C)=O)cc1. The van der Waals surface area contributed by atoms with Crippen LogP contribution in [0.2, 0.25) is 0 Å². The largest absolute Gasteiger partial charge is 0.354 e. The number of hydrogen-bond donors (Lipinski definition) is 2. The summed E-state index contributed by atoms with van der Waals surface area (Å²) in [6, 6.07) is 6.34. The minimum absolute atomic E-state index is 0.0763. The van der Waals surface area contributed by atoms with Crippen molar-refractivity contribution in [3.63, 3.8) is 0 Å². The molecule has 3 amide bonds. The van der Waals surface area contributed by atoms with Crippen LogP contribution in [0.1, 0.15) is 43.5 Å². The molecule has 0 aliphatic carbocycles. The molecule has 0 saturated carbocycles. The van der Waals surface area contributed by atoms with Crippen molar-refractivity contribution in [3.05, 3.63) is 29.8 Å². The maximum absolute atomic E-state index is 12.6. The van der Waals surface area contributed by atoms with Crippen molar-refractivity contribution in [1.82, 2.24) is 10.2 Å². The van der Waals surface area contributed by atoms with Gasteiger partial charge in [0, 0.05) is 31.3 Å². The number of carbonyl (C=O) groups excluding carboxylic acids is 3. The second-order valence-corrected chi connectivity index (χ2v) is 5.71. The van der Waals surface area contributed by atoms with Crippen molar-refractivity contribution in [2.24, 2.45) is 0 Å². The molecule has 1 saturated heterocycles. The third-order valence-electron chi connectivity index (χ3n) is 3.82. The molecule has 1 unspecified atom stereocenters. The standard InChI is InChI=1S/C17H23N3O3/c1-3-10-18-16(22)15-5-4-11-20(15)17(23)13-6-8-14(9-7-13)19-12(2)21/h6-9,15H,3-5,10-11H2,1-2H3,(H,18,22)(H,19,21). The van der Waals surface area contributed by atoms with Crippen LogP contribution in [0.25, 0.3) is 0 Å². The molecule has 0 aromatic heterocycles. The van der Waals surface area contributed by atoms with E-state index in [9.17, 15) is 14.4 Å². The number of nitrogens with one attached hydrogen (secondary N) is 2. The van der Waals surface area contributed by atoms with E-state index < -0.39 is 0 Å². The minimum Gasteiger partial charge on any atom is -0.354 e. The van der Waals surface area contributed by atoms with Crippen LogP contribution >= 0.6 is 0 Å². The first-order valence-electron chi connectivity index (χ1n) is 7.99. The Kier molecular flexibility index (Phi) is 5.73. The number of nitrogens with zero attached hydrogens (tertiary/aromatic N) is 1. The summed E-state index contributed by atoms with van der Waals surface area (Å²) in [6.45, 7) is 4.65. The number of benzene rings is 1. The molecule has 0 bridgehead atoms. The first-order chi connectivity index (χ1) is 11.0. The number of likely N-dealkylation sites (tertiary alicyclic amines) is 1. The van der Waals surface area contributed by atoms with Gasteiger partial charge in [0.1, 0.15) is 6.04 Å². The van der Waals surface area contributed by atoms with Gasteiger partial charge in [-0.15, -0.1) is 0 Å². The Balaban J connectivity index is 2.06. The lowest BCUT2D eigenvalue weighted by Crippen LogP contribution is -2.46. The topological polar surface area (TPSA) is 78.5 Å². The summed E-state index contributed by atoms with van der Waals surface area (Å²) < 4.78 is 0. The van der Waals surface area contributed by atoms with Gasteiger partial charge < -0.3 is 15.5 Å². The van der Waals surface area contributed by atoms with Gasteiger partial charge in [0.15, 0.2) is 0 Å². The van der Waals surface area contributed by atoms with E-state index in [0.717, 1.165) is 12.8 Å². The van der Waals surface area contributed by atoms with Crippen LogP contribution in [0.4, 0.5) is 5.69 Å². The Hall–Kier alpha value is -2.37. The van der Waals surface area contributed by atoms with Gasteiger partial charge in [-0.1, -0.05) is 6.92 Å². The van der Waals surface area contributed by atoms with Crippen LogP contribution in [0.15, 0.2) is 24.3 Å². The summed E-state index contributed by atoms with van der Waals surface area (Å²) in [5, 5.41) is 5.52. The molecule has 2 rings (SSSR count). The highest BCUT2D eigenvalue weighted by molar-refractivity contribution is 5.98. The van der Waals surface area contributed by atoms with Crippen molar-refractivity contribution in [2.75, 3.05) is 18.4 Å². The molecule has 1 fully saturated rings. The fourth-order valence-electron chi connectivity index (χ4n) is 2.71. The second kappa shape index (κ2) is 7.76. The molecule has 1 aliphatic rings. The van der Waals surface area contributed by atoms with E-state index >= 15 is 0 Å². The summed E-state index contributed by atoms with van der Waals surface area (Å²) in [6.07, 6.45) is 2.40. The molecule has 1 aromatic carbocycles. The van der Waals surface area contributed by atoms with Crippen LogP contribution in [-0.2, 0) is 9.59 Å². The smallest absolute Gasteiger partial charge is 0.254 e. The zero-order valence-corrected chi connectivity index (χ0v) is 13.6. The van der Waals surface area contributed by atoms with E-state index in [0.29, 0.717) is 30.8 Å². The molecular formula is C17H23N3O3. The fraction of sp³-hybridized carbons (Fsp3) is 0.471. The van der Waals surface area contributed by atoms with Crippen LogP contribution in [-0.4, -0.2) is 41.8 Å². The molecule has 1 heterocycles. The van der Waals surface area contributed by atoms with Gasteiger partial charge in [-0.2, -0.15) is 0 Å². The summed E-state index contributed by atoms with van der Waals surface area (Å²) in [7, 11) is 0. The highest BCUT2D eigenvalue weighted by Gasteiger charge is 2.34. The van der Waals surface area contributed by atoms with Crippen molar-refractivity contribution in [1.29, 1.82) is 0 Å². The number of amides is 3. The van der Waals surface area contributed by atoms with Gasteiger partial charge in [-0.3, -0.25) is 14.4 Å². The molecular weight excluding hydrogens is 294 g/mol. The lowest BCUT2D eigenvalue weighted by molar-refractivity contribution is -0.124. The predicted molar refractivity (Wildman–Crippen MR) is 88.1 cm³/mol.